The Balaban J connectivity index is 1.72. The van der Waals surface area contributed by atoms with E-state index in [2.05, 4.69) is 28.3 Å². The molecule has 1 fully saturated rings. The van der Waals surface area contributed by atoms with Gasteiger partial charge < -0.3 is 10.5 Å². The minimum atomic E-state index is 0.0150. The Morgan fingerprint density at radius 3 is 3.00 bits per heavy atom. The van der Waals surface area contributed by atoms with Crippen LogP contribution in [0.1, 0.15) is 27.9 Å². The van der Waals surface area contributed by atoms with Crippen molar-refractivity contribution in [3.63, 3.8) is 0 Å². The number of anilines is 1. The van der Waals surface area contributed by atoms with Crippen LogP contribution in [0.4, 0.5) is 5.69 Å². The maximum absolute atomic E-state index is 5.92. The van der Waals surface area contributed by atoms with Gasteiger partial charge in [0.25, 0.3) is 0 Å². The van der Waals surface area contributed by atoms with E-state index >= 15 is 0 Å². The fourth-order valence-corrected chi connectivity index (χ4v) is 3.63. The zero-order valence-corrected chi connectivity index (χ0v) is 13.3. The molecule has 0 radical (unpaired) electrons. The molecule has 0 aromatic carbocycles. The molecular formula is C16H21N3OS. The zero-order chi connectivity index (χ0) is 14.8. The first-order valence-electron chi connectivity index (χ1n) is 7.23. The van der Waals surface area contributed by atoms with Gasteiger partial charge in [0.2, 0.25) is 0 Å². The van der Waals surface area contributed by atoms with Crippen molar-refractivity contribution in [3.8, 4) is 0 Å². The molecular weight excluding hydrogens is 282 g/mol. The van der Waals surface area contributed by atoms with Crippen LogP contribution >= 0.6 is 11.3 Å². The van der Waals surface area contributed by atoms with E-state index in [4.69, 9.17) is 10.5 Å². The average molecular weight is 303 g/mol. The van der Waals surface area contributed by atoms with Crippen molar-refractivity contribution in [3.05, 3.63) is 45.4 Å². The van der Waals surface area contributed by atoms with E-state index in [1.165, 1.54) is 10.4 Å². The van der Waals surface area contributed by atoms with E-state index in [-0.39, 0.29) is 6.10 Å². The summed E-state index contributed by atoms with van der Waals surface area (Å²) in [5.41, 5.74) is 9.94. The largest absolute Gasteiger partial charge is 0.399 e. The van der Waals surface area contributed by atoms with Crippen molar-refractivity contribution >= 4 is 17.0 Å². The highest BCUT2D eigenvalue weighted by atomic mass is 32.1. The third-order valence-electron chi connectivity index (χ3n) is 3.81. The van der Waals surface area contributed by atoms with Crippen LogP contribution in [0.25, 0.3) is 0 Å². The predicted molar refractivity (Wildman–Crippen MR) is 86.4 cm³/mol. The molecule has 1 atom stereocenters. The molecule has 1 saturated heterocycles. The summed E-state index contributed by atoms with van der Waals surface area (Å²) in [6.07, 6.45) is 0.0150. The number of nitrogens with zero attached hydrogens (tertiary/aromatic N) is 2. The summed E-state index contributed by atoms with van der Waals surface area (Å²) in [6.45, 7) is 7.71. The van der Waals surface area contributed by atoms with E-state index in [1.54, 1.807) is 0 Å². The molecule has 0 bridgehead atoms. The molecule has 112 valence electrons. The van der Waals surface area contributed by atoms with Crippen molar-refractivity contribution in [2.45, 2.75) is 26.5 Å². The Morgan fingerprint density at radius 1 is 1.43 bits per heavy atom. The van der Waals surface area contributed by atoms with Gasteiger partial charge in [-0.15, -0.1) is 11.3 Å². The minimum absolute atomic E-state index is 0.0150. The number of aromatic nitrogens is 1. The first-order chi connectivity index (χ1) is 10.1. The first-order valence-corrected chi connectivity index (χ1v) is 8.11. The third-order valence-corrected chi connectivity index (χ3v) is 4.82. The van der Waals surface area contributed by atoms with Gasteiger partial charge in [0.1, 0.15) is 6.10 Å². The number of morpholine rings is 1. The molecule has 2 aromatic rings. The maximum atomic E-state index is 5.92. The van der Waals surface area contributed by atoms with Gasteiger partial charge >= 0.3 is 0 Å². The fourth-order valence-electron chi connectivity index (χ4n) is 2.68. The molecule has 2 aromatic heterocycles. The number of nitrogens with two attached hydrogens (primary N) is 1. The van der Waals surface area contributed by atoms with Crippen molar-refractivity contribution in [2.24, 2.45) is 0 Å². The maximum Gasteiger partial charge on any atom is 0.112 e. The molecule has 0 saturated carbocycles. The number of pyridine rings is 1. The second kappa shape index (κ2) is 6.13. The topological polar surface area (TPSA) is 51.4 Å². The molecule has 4 nitrogen and oxygen atoms in total. The van der Waals surface area contributed by atoms with Crippen LogP contribution in [0.15, 0.2) is 23.6 Å². The van der Waals surface area contributed by atoms with Gasteiger partial charge in [-0.25, -0.2) is 0 Å². The highest BCUT2D eigenvalue weighted by Crippen LogP contribution is 2.25. The number of hydrogen-bond donors (Lipinski definition) is 1. The Morgan fingerprint density at radius 2 is 2.29 bits per heavy atom. The molecule has 1 aliphatic rings. The van der Waals surface area contributed by atoms with Gasteiger partial charge in [0, 0.05) is 35.9 Å². The van der Waals surface area contributed by atoms with Gasteiger partial charge in [0.15, 0.2) is 0 Å². The van der Waals surface area contributed by atoms with E-state index in [1.807, 2.05) is 30.4 Å². The van der Waals surface area contributed by atoms with Crippen molar-refractivity contribution < 1.29 is 4.74 Å². The number of nitrogen functional groups attached to an aromatic ring is 1. The van der Waals surface area contributed by atoms with Crippen LogP contribution in [0.2, 0.25) is 0 Å². The molecule has 0 amide bonds. The lowest BCUT2D eigenvalue weighted by Crippen LogP contribution is -2.38. The zero-order valence-electron chi connectivity index (χ0n) is 12.5. The number of aryl methyl sites for hydroxylation is 2. The van der Waals surface area contributed by atoms with Gasteiger partial charge in [-0.3, -0.25) is 9.88 Å². The monoisotopic (exact) mass is 303 g/mol. The number of hydrogen-bond acceptors (Lipinski definition) is 5. The van der Waals surface area contributed by atoms with E-state index in [9.17, 15) is 0 Å². The molecule has 5 heteroatoms. The van der Waals surface area contributed by atoms with E-state index < -0.39 is 0 Å². The first kappa shape index (κ1) is 14.5. The lowest BCUT2D eigenvalue weighted by Gasteiger charge is -2.32. The normalized spacial score (nSPS) is 19.8. The SMILES string of the molecule is Cc1cc(N)cc(C2CN(Cc3sccc3C)CCO2)n1. The second-order valence-electron chi connectivity index (χ2n) is 5.59. The van der Waals surface area contributed by atoms with Gasteiger partial charge in [-0.1, -0.05) is 0 Å². The smallest absolute Gasteiger partial charge is 0.112 e. The number of thiophene rings is 1. The summed E-state index contributed by atoms with van der Waals surface area (Å²) >= 11 is 1.83. The summed E-state index contributed by atoms with van der Waals surface area (Å²) in [5, 5.41) is 2.16. The summed E-state index contributed by atoms with van der Waals surface area (Å²) < 4.78 is 5.90. The van der Waals surface area contributed by atoms with Crippen molar-refractivity contribution in [1.82, 2.24) is 9.88 Å². The summed E-state index contributed by atoms with van der Waals surface area (Å²) in [4.78, 5) is 8.45. The van der Waals surface area contributed by atoms with Gasteiger partial charge in [0.05, 0.1) is 12.3 Å². The molecule has 21 heavy (non-hydrogen) atoms. The van der Waals surface area contributed by atoms with Crippen LogP contribution in [-0.2, 0) is 11.3 Å². The van der Waals surface area contributed by atoms with Gasteiger partial charge in [-0.2, -0.15) is 0 Å². The van der Waals surface area contributed by atoms with Crippen LogP contribution in [-0.4, -0.2) is 29.6 Å². The van der Waals surface area contributed by atoms with Crippen LogP contribution < -0.4 is 5.73 Å². The minimum Gasteiger partial charge on any atom is -0.399 e. The third kappa shape index (κ3) is 3.43. The highest BCUT2D eigenvalue weighted by Gasteiger charge is 2.24. The van der Waals surface area contributed by atoms with Gasteiger partial charge in [-0.05, 0) is 43.0 Å². The number of rotatable bonds is 3. The molecule has 0 aliphatic carbocycles. The van der Waals surface area contributed by atoms with E-state index in [0.717, 1.165) is 43.3 Å². The molecule has 1 unspecified atom stereocenters. The molecule has 3 rings (SSSR count). The van der Waals surface area contributed by atoms with Crippen LogP contribution in [0, 0.1) is 13.8 Å². The lowest BCUT2D eigenvalue weighted by molar-refractivity contribution is -0.0347. The molecule has 1 aliphatic heterocycles. The average Bonchev–Trinajstić information content (AvgIpc) is 2.84. The Kier molecular flexibility index (Phi) is 4.24. The van der Waals surface area contributed by atoms with Crippen LogP contribution in [0.5, 0.6) is 0 Å². The Labute approximate surface area is 129 Å². The molecule has 2 N–H and O–H groups in total. The lowest BCUT2D eigenvalue weighted by atomic mass is 10.1. The summed E-state index contributed by atoms with van der Waals surface area (Å²) in [7, 11) is 0. The molecule has 0 spiro atoms. The standard InChI is InChI=1S/C16H21N3OS/c1-11-3-6-21-16(11)10-19-4-5-20-15(9-19)14-8-13(17)7-12(2)18-14/h3,6-8,15H,4-5,9-10H2,1-2H3,(H2,17,18). The summed E-state index contributed by atoms with van der Waals surface area (Å²) in [5.74, 6) is 0. The fraction of sp³-hybridized carbons (Fsp3) is 0.438. The van der Waals surface area contributed by atoms with E-state index in [0.29, 0.717) is 0 Å². The van der Waals surface area contributed by atoms with Crippen molar-refractivity contribution in [2.75, 3.05) is 25.4 Å². The Hall–Kier alpha value is -1.43. The quantitative estimate of drug-likeness (QED) is 0.947. The molecule has 3 heterocycles. The number of ether oxygens (including phenoxy) is 1. The Bertz CT molecular complexity index is 605. The highest BCUT2D eigenvalue weighted by molar-refractivity contribution is 7.10. The predicted octanol–water partition coefficient (Wildman–Crippen LogP) is 2.92. The van der Waals surface area contributed by atoms with Crippen molar-refractivity contribution in [1.29, 1.82) is 0 Å². The summed E-state index contributed by atoms with van der Waals surface area (Å²) in [6, 6.07) is 6.00. The second-order valence-corrected chi connectivity index (χ2v) is 6.59. The van der Waals surface area contributed by atoms with Crippen LogP contribution in [0.3, 0.4) is 0 Å².